The molecule has 0 fully saturated rings. The average Bonchev–Trinajstić information content (AvgIpc) is 2.83. The molecule has 1 aromatic rings. The van der Waals surface area contributed by atoms with E-state index in [4.69, 9.17) is 0 Å². The van der Waals surface area contributed by atoms with Crippen LogP contribution >= 0.6 is 11.3 Å². The van der Waals surface area contributed by atoms with Crippen molar-refractivity contribution in [3.63, 3.8) is 0 Å². The molecule has 1 heterocycles. The fourth-order valence-corrected chi connectivity index (χ4v) is 2.59. The maximum atomic E-state index is 4.64. The smallest absolute Gasteiger partial charge is 0.191 e. The van der Waals surface area contributed by atoms with Gasteiger partial charge in [0.05, 0.1) is 12.6 Å². The molecule has 0 aromatic carbocycles. The second-order valence-electron chi connectivity index (χ2n) is 4.24. The summed E-state index contributed by atoms with van der Waals surface area (Å²) in [5, 5.41) is 8.61. The van der Waals surface area contributed by atoms with Crippen LogP contribution in [0.4, 0.5) is 0 Å². The van der Waals surface area contributed by atoms with Crippen molar-refractivity contribution in [2.75, 3.05) is 33.7 Å². The van der Waals surface area contributed by atoms with Gasteiger partial charge in [0.2, 0.25) is 0 Å². The van der Waals surface area contributed by atoms with Crippen molar-refractivity contribution >= 4 is 17.3 Å². The Bertz CT molecular complexity index is 338. The van der Waals surface area contributed by atoms with Gasteiger partial charge in [0.25, 0.3) is 0 Å². The maximum absolute atomic E-state index is 4.64. The third kappa shape index (κ3) is 4.66. The predicted molar refractivity (Wildman–Crippen MR) is 80.4 cm³/mol. The van der Waals surface area contributed by atoms with E-state index >= 15 is 0 Å². The normalized spacial score (nSPS) is 12.3. The lowest BCUT2D eigenvalue weighted by Crippen LogP contribution is -2.37. The number of aliphatic imine (C=N–C) groups is 1. The van der Waals surface area contributed by atoms with E-state index in [1.165, 1.54) is 4.88 Å². The fraction of sp³-hybridized carbons (Fsp3) is 0.615. The monoisotopic (exact) mass is 268 g/mol. The fourth-order valence-electron chi connectivity index (χ4n) is 1.68. The number of guanidine groups is 1. The molecule has 1 atom stereocenters. The molecule has 1 aromatic heterocycles. The highest BCUT2D eigenvalue weighted by Gasteiger charge is 2.14. The standard InChI is InChI=1S/C13H24N4S/c1-5-14-13(15-6-2)16-10-11(17(3)4)12-8-7-9-18-12/h7-9,11H,5-6,10H2,1-4H3,(H2,14,15,16)/t11-/m0/s1. The van der Waals surface area contributed by atoms with Crippen molar-refractivity contribution in [1.29, 1.82) is 0 Å². The average molecular weight is 268 g/mol. The van der Waals surface area contributed by atoms with Gasteiger partial charge in [-0.2, -0.15) is 0 Å². The van der Waals surface area contributed by atoms with E-state index in [-0.39, 0.29) is 0 Å². The van der Waals surface area contributed by atoms with Crippen LogP contribution in [-0.2, 0) is 0 Å². The summed E-state index contributed by atoms with van der Waals surface area (Å²) in [6.45, 7) is 6.70. The summed E-state index contributed by atoms with van der Waals surface area (Å²) in [7, 11) is 4.19. The van der Waals surface area contributed by atoms with Crippen molar-refractivity contribution in [1.82, 2.24) is 15.5 Å². The van der Waals surface area contributed by atoms with Crippen LogP contribution in [0.5, 0.6) is 0 Å². The van der Waals surface area contributed by atoms with E-state index in [9.17, 15) is 0 Å². The first-order chi connectivity index (χ1) is 8.69. The lowest BCUT2D eigenvalue weighted by Gasteiger charge is -2.22. The SMILES string of the molecule is CCNC(=NC[C@@H](c1cccs1)N(C)C)NCC. The van der Waals surface area contributed by atoms with Crippen LogP contribution in [0.1, 0.15) is 24.8 Å². The number of nitrogens with zero attached hydrogens (tertiary/aromatic N) is 2. The molecule has 0 spiro atoms. The van der Waals surface area contributed by atoms with Crippen molar-refractivity contribution < 1.29 is 0 Å². The van der Waals surface area contributed by atoms with Gasteiger partial charge in [-0.15, -0.1) is 11.3 Å². The van der Waals surface area contributed by atoms with Crippen LogP contribution in [0.25, 0.3) is 0 Å². The molecule has 5 heteroatoms. The van der Waals surface area contributed by atoms with Crippen molar-refractivity contribution in [2.24, 2.45) is 4.99 Å². The molecule has 4 nitrogen and oxygen atoms in total. The number of hydrogen-bond acceptors (Lipinski definition) is 3. The Balaban J connectivity index is 2.68. The minimum absolute atomic E-state index is 0.345. The summed E-state index contributed by atoms with van der Waals surface area (Å²) >= 11 is 1.79. The third-order valence-electron chi connectivity index (χ3n) is 2.61. The topological polar surface area (TPSA) is 39.7 Å². The van der Waals surface area contributed by atoms with Crippen molar-refractivity contribution in [2.45, 2.75) is 19.9 Å². The molecule has 0 aliphatic rings. The summed E-state index contributed by atoms with van der Waals surface area (Å²) < 4.78 is 0. The second kappa shape index (κ2) is 8.11. The van der Waals surface area contributed by atoms with Gasteiger partial charge >= 0.3 is 0 Å². The summed E-state index contributed by atoms with van der Waals surface area (Å²) in [6, 6.07) is 4.61. The van der Waals surface area contributed by atoms with Gasteiger partial charge in [-0.1, -0.05) is 6.07 Å². The van der Waals surface area contributed by atoms with Gasteiger partial charge < -0.3 is 15.5 Å². The van der Waals surface area contributed by atoms with Crippen molar-refractivity contribution in [3.05, 3.63) is 22.4 Å². The number of thiophene rings is 1. The summed E-state index contributed by atoms with van der Waals surface area (Å²) in [4.78, 5) is 8.21. The quantitative estimate of drug-likeness (QED) is 0.612. The summed E-state index contributed by atoms with van der Waals surface area (Å²) in [5.74, 6) is 0.892. The minimum atomic E-state index is 0.345. The zero-order valence-corrected chi connectivity index (χ0v) is 12.5. The molecule has 18 heavy (non-hydrogen) atoms. The van der Waals surface area contributed by atoms with Crippen LogP contribution in [0.15, 0.2) is 22.5 Å². The molecular formula is C13H24N4S. The number of likely N-dealkylation sites (N-methyl/N-ethyl adjacent to an activating group) is 1. The largest absolute Gasteiger partial charge is 0.357 e. The molecule has 102 valence electrons. The Hall–Kier alpha value is -1.07. The van der Waals surface area contributed by atoms with Gasteiger partial charge in [0.1, 0.15) is 0 Å². The van der Waals surface area contributed by atoms with E-state index in [1.54, 1.807) is 11.3 Å². The molecule has 0 aliphatic carbocycles. The van der Waals surface area contributed by atoms with Crippen LogP contribution in [0.3, 0.4) is 0 Å². The van der Waals surface area contributed by atoms with E-state index in [1.807, 2.05) is 0 Å². The molecule has 1 rings (SSSR count). The lowest BCUT2D eigenvalue weighted by molar-refractivity contribution is 0.310. The summed E-state index contributed by atoms with van der Waals surface area (Å²) in [5.41, 5.74) is 0. The Labute approximate surface area is 114 Å². The molecule has 0 saturated heterocycles. The molecule has 2 N–H and O–H groups in total. The molecule has 0 amide bonds. The Morgan fingerprint density at radius 1 is 1.33 bits per heavy atom. The van der Waals surface area contributed by atoms with Crippen LogP contribution in [-0.4, -0.2) is 44.6 Å². The molecule has 0 bridgehead atoms. The van der Waals surface area contributed by atoms with Gasteiger partial charge in [0, 0.05) is 18.0 Å². The lowest BCUT2D eigenvalue weighted by atomic mass is 10.2. The number of nitrogens with one attached hydrogen (secondary N) is 2. The van der Waals surface area contributed by atoms with E-state index < -0.39 is 0 Å². The molecular weight excluding hydrogens is 244 g/mol. The molecule has 0 saturated carbocycles. The zero-order valence-electron chi connectivity index (χ0n) is 11.7. The van der Waals surface area contributed by atoms with Gasteiger partial charge in [-0.25, -0.2) is 0 Å². The Morgan fingerprint density at radius 3 is 2.44 bits per heavy atom. The zero-order chi connectivity index (χ0) is 13.4. The molecule has 0 aliphatic heterocycles. The van der Waals surface area contributed by atoms with Gasteiger partial charge in [-0.3, -0.25) is 4.99 Å². The molecule has 0 unspecified atom stereocenters. The van der Waals surface area contributed by atoms with E-state index in [0.29, 0.717) is 6.04 Å². The number of rotatable bonds is 6. The second-order valence-corrected chi connectivity index (χ2v) is 5.22. The van der Waals surface area contributed by atoms with Crippen LogP contribution in [0, 0.1) is 0 Å². The van der Waals surface area contributed by atoms with Gasteiger partial charge in [0.15, 0.2) is 5.96 Å². The van der Waals surface area contributed by atoms with Crippen LogP contribution in [0.2, 0.25) is 0 Å². The van der Waals surface area contributed by atoms with Gasteiger partial charge in [-0.05, 0) is 39.4 Å². The Morgan fingerprint density at radius 2 is 2.00 bits per heavy atom. The highest BCUT2D eigenvalue weighted by atomic mass is 32.1. The third-order valence-corrected chi connectivity index (χ3v) is 3.58. The van der Waals surface area contributed by atoms with Crippen molar-refractivity contribution in [3.8, 4) is 0 Å². The highest BCUT2D eigenvalue weighted by molar-refractivity contribution is 7.10. The summed E-state index contributed by atoms with van der Waals surface area (Å²) in [6.07, 6.45) is 0. The Kier molecular flexibility index (Phi) is 6.75. The van der Waals surface area contributed by atoms with Crippen LogP contribution < -0.4 is 10.6 Å². The first-order valence-corrected chi connectivity index (χ1v) is 7.29. The highest BCUT2D eigenvalue weighted by Crippen LogP contribution is 2.23. The maximum Gasteiger partial charge on any atom is 0.191 e. The first-order valence-electron chi connectivity index (χ1n) is 6.41. The predicted octanol–water partition coefficient (Wildman–Crippen LogP) is 1.93. The molecule has 0 radical (unpaired) electrons. The first kappa shape index (κ1) is 15.0. The number of hydrogen-bond donors (Lipinski definition) is 2. The van der Waals surface area contributed by atoms with E-state index in [2.05, 4.69) is 66.0 Å². The minimum Gasteiger partial charge on any atom is -0.357 e. The van der Waals surface area contributed by atoms with E-state index in [0.717, 1.165) is 25.6 Å².